The molecule has 2 heterocycles. The van der Waals surface area contributed by atoms with Crippen LogP contribution in [0.2, 0.25) is 0 Å². The zero-order chi connectivity index (χ0) is 17.1. The fraction of sp³-hybridized carbons (Fsp3) is 0.333. The third-order valence-corrected chi connectivity index (χ3v) is 5.69. The van der Waals surface area contributed by atoms with Crippen molar-refractivity contribution in [3.63, 3.8) is 0 Å². The normalized spacial score (nSPS) is 14.4. The molecule has 1 amide bonds. The smallest absolute Gasteiger partial charge is 0.265 e. The monoisotopic (exact) mass is 353 g/mol. The van der Waals surface area contributed by atoms with Gasteiger partial charge in [-0.05, 0) is 72.0 Å². The van der Waals surface area contributed by atoms with E-state index in [1.807, 2.05) is 24.3 Å². The van der Waals surface area contributed by atoms with Gasteiger partial charge in [-0.1, -0.05) is 12.8 Å². The van der Waals surface area contributed by atoms with Crippen molar-refractivity contribution < 1.29 is 4.79 Å². The number of thiophene rings is 1. The predicted octanol–water partition coefficient (Wildman–Crippen LogP) is 3.64. The van der Waals surface area contributed by atoms with Crippen LogP contribution in [0.4, 0.5) is 5.69 Å². The average Bonchev–Trinajstić information content (AvgIpc) is 3.26. The van der Waals surface area contributed by atoms with Gasteiger partial charge in [0, 0.05) is 10.6 Å². The number of carbonyl (C=O) groups excluding carboxylic acids is 1. The number of nitrogens with one attached hydrogen (secondary N) is 1. The highest BCUT2D eigenvalue weighted by atomic mass is 32.1. The third-order valence-electron chi connectivity index (χ3n) is 4.46. The first kappa shape index (κ1) is 16.0. The molecule has 0 saturated heterocycles. The molecule has 1 aliphatic carbocycles. The molecule has 0 radical (unpaired) electrons. The molecule has 25 heavy (non-hydrogen) atoms. The lowest BCUT2D eigenvalue weighted by molar-refractivity contribution is 0.103. The minimum absolute atomic E-state index is 0.0353. The van der Waals surface area contributed by atoms with Crippen molar-refractivity contribution in [2.24, 2.45) is 0 Å². The molecular weight excluding hydrogens is 334 g/mol. The molecule has 0 bridgehead atoms. The summed E-state index contributed by atoms with van der Waals surface area (Å²) in [5, 5.41) is 14.1. The van der Waals surface area contributed by atoms with Crippen molar-refractivity contribution >= 4 is 22.9 Å². The summed E-state index contributed by atoms with van der Waals surface area (Å²) in [7, 11) is 0. The van der Waals surface area contributed by atoms with Crippen LogP contribution in [0.15, 0.2) is 36.7 Å². The van der Waals surface area contributed by atoms with E-state index in [0.29, 0.717) is 0 Å². The molecule has 1 aromatic carbocycles. The molecule has 1 aliphatic rings. The van der Waals surface area contributed by atoms with Crippen LogP contribution in [0.3, 0.4) is 0 Å². The lowest BCUT2D eigenvalue weighted by Crippen LogP contribution is -2.10. The van der Waals surface area contributed by atoms with E-state index in [9.17, 15) is 4.79 Å². The summed E-state index contributed by atoms with van der Waals surface area (Å²) >= 11 is 1.64. The topological polar surface area (TPSA) is 72.7 Å². The van der Waals surface area contributed by atoms with Gasteiger partial charge in [-0.3, -0.25) is 4.79 Å². The number of aromatic nitrogens is 4. The van der Waals surface area contributed by atoms with Crippen LogP contribution in [0.1, 0.15) is 45.8 Å². The predicted molar refractivity (Wildman–Crippen MR) is 97.3 cm³/mol. The largest absolute Gasteiger partial charge is 0.321 e. The molecule has 2 aromatic heterocycles. The van der Waals surface area contributed by atoms with Gasteiger partial charge in [0.2, 0.25) is 0 Å². The van der Waals surface area contributed by atoms with Crippen molar-refractivity contribution in [2.75, 3.05) is 5.32 Å². The van der Waals surface area contributed by atoms with Crippen molar-refractivity contribution in [2.45, 2.75) is 38.5 Å². The third kappa shape index (κ3) is 3.61. The molecule has 4 rings (SSSR count). The standard InChI is InChI=1S/C18H19N5OS/c24-18(17-11-13-5-3-1-2-4-6-16(13)25-17)20-14-7-9-15(10-8-14)23-12-19-21-22-23/h7-12H,1-6H2,(H,20,24). The van der Waals surface area contributed by atoms with Crippen LogP contribution in [-0.4, -0.2) is 26.1 Å². The second-order valence-electron chi connectivity index (χ2n) is 6.23. The Balaban J connectivity index is 1.47. The van der Waals surface area contributed by atoms with E-state index in [2.05, 4.69) is 26.9 Å². The number of carbonyl (C=O) groups is 1. The maximum Gasteiger partial charge on any atom is 0.265 e. The Morgan fingerprint density at radius 3 is 2.64 bits per heavy atom. The fourth-order valence-electron chi connectivity index (χ4n) is 3.13. The van der Waals surface area contributed by atoms with Crippen LogP contribution in [0.5, 0.6) is 0 Å². The number of benzene rings is 1. The number of nitrogens with zero attached hydrogens (tertiary/aromatic N) is 4. The molecule has 128 valence electrons. The Kier molecular flexibility index (Phi) is 4.56. The van der Waals surface area contributed by atoms with Crippen molar-refractivity contribution in [1.82, 2.24) is 20.2 Å². The van der Waals surface area contributed by atoms with E-state index >= 15 is 0 Å². The highest BCUT2D eigenvalue weighted by Crippen LogP contribution is 2.29. The van der Waals surface area contributed by atoms with Crippen molar-refractivity contribution in [3.05, 3.63) is 52.0 Å². The fourth-order valence-corrected chi connectivity index (χ4v) is 4.27. The van der Waals surface area contributed by atoms with Crippen LogP contribution in [-0.2, 0) is 12.8 Å². The Labute approximate surface area is 149 Å². The number of tetrazole rings is 1. The van der Waals surface area contributed by atoms with Gasteiger partial charge in [-0.2, -0.15) is 0 Å². The van der Waals surface area contributed by atoms with Gasteiger partial charge in [0.05, 0.1) is 10.6 Å². The molecule has 0 fully saturated rings. The number of fused-ring (bicyclic) bond motifs is 1. The number of amides is 1. The van der Waals surface area contributed by atoms with Crippen molar-refractivity contribution in [3.8, 4) is 5.69 Å². The second-order valence-corrected chi connectivity index (χ2v) is 7.37. The molecule has 0 aliphatic heterocycles. The number of hydrogen-bond acceptors (Lipinski definition) is 5. The molecule has 7 heteroatoms. The van der Waals surface area contributed by atoms with Crippen LogP contribution in [0.25, 0.3) is 5.69 Å². The molecule has 0 atom stereocenters. The number of hydrogen-bond donors (Lipinski definition) is 1. The summed E-state index contributed by atoms with van der Waals surface area (Å²) in [4.78, 5) is 14.8. The highest BCUT2D eigenvalue weighted by molar-refractivity contribution is 7.14. The van der Waals surface area contributed by atoms with Crippen molar-refractivity contribution in [1.29, 1.82) is 0 Å². The summed E-state index contributed by atoms with van der Waals surface area (Å²) in [6, 6.07) is 9.55. The van der Waals surface area contributed by atoms with Crippen LogP contribution < -0.4 is 5.32 Å². The van der Waals surface area contributed by atoms with E-state index in [4.69, 9.17) is 0 Å². The zero-order valence-corrected chi connectivity index (χ0v) is 14.6. The van der Waals surface area contributed by atoms with Crippen LogP contribution >= 0.6 is 11.3 Å². The minimum atomic E-state index is -0.0353. The van der Waals surface area contributed by atoms with Gasteiger partial charge in [0.25, 0.3) is 5.91 Å². The summed E-state index contributed by atoms with van der Waals surface area (Å²) in [5.74, 6) is -0.0353. The van der Waals surface area contributed by atoms with Gasteiger partial charge in [-0.15, -0.1) is 16.4 Å². The van der Waals surface area contributed by atoms with E-state index in [-0.39, 0.29) is 5.91 Å². The molecule has 6 nitrogen and oxygen atoms in total. The average molecular weight is 353 g/mol. The van der Waals surface area contributed by atoms with E-state index in [0.717, 1.165) is 29.1 Å². The van der Waals surface area contributed by atoms with Gasteiger partial charge < -0.3 is 5.32 Å². The Morgan fingerprint density at radius 2 is 1.88 bits per heavy atom. The van der Waals surface area contributed by atoms with E-state index in [1.165, 1.54) is 42.5 Å². The maximum absolute atomic E-state index is 12.6. The Morgan fingerprint density at radius 1 is 1.08 bits per heavy atom. The molecule has 0 saturated carbocycles. The van der Waals surface area contributed by atoms with E-state index < -0.39 is 0 Å². The lowest BCUT2D eigenvalue weighted by Gasteiger charge is -2.07. The molecule has 0 unspecified atom stereocenters. The highest BCUT2D eigenvalue weighted by Gasteiger charge is 2.16. The zero-order valence-electron chi connectivity index (χ0n) is 13.8. The Bertz CT molecular complexity index is 829. The summed E-state index contributed by atoms with van der Waals surface area (Å²) in [6.07, 6.45) is 8.79. The molecule has 3 aromatic rings. The summed E-state index contributed by atoms with van der Waals surface area (Å²) in [6.45, 7) is 0. The summed E-state index contributed by atoms with van der Waals surface area (Å²) < 4.78 is 1.57. The number of anilines is 1. The van der Waals surface area contributed by atoms with E-state index in [1.54, 1.807) is 16.0 Å². The summed E-state index contributed by atoms with van der Waals surface area (Å²) in [5.41, 5.74) is 2.98. The Hall–Kier alpha value is -2.54. The first-order chi connectivity index (χ1) is 12.3. The van der Waals surface area contributed by atoms with Gasteiger partial charge in [0.15, 0.2) is 0 Å². The van der Waals surface area contributed by atoms with Gasteiger partial charge in [0.1, 0.15) is 6.33 Å². The first-order valence-corrected chi connectivity index (χ1v) is 9.37. The lowest BCUT2D eigenvalue weighted by atomic mass is 10.00. The van der Waals surface area contributed by atoms with Crippen LogP contribution in [0, 0.1) is 0 Å². The molecular formula is C18H19N5OS. The second kappa shape index (κ2) is 7.14. The maximum atomic E-state index is 12.6. The molecule has 1 N–H and O–H groups in total. The first-order valence-electron chi connectivity index (χ1n) is 8.56. The SMILES string of the molecule is O=C(Nc1ccc(-n2cnnn2)cc1)c1cc2c(s1)CCCCCC2. The quantitative estimate of drug-likeness (QED) is 0.780. The number of aryl methyl sites for hydroxylation is 2. The van der Waals surface area contributed by atoms with Gasteiger partial charge >= 0.3 is 0 Å². The number of rotatable bonds is 3. The molecule has 0 spiro atoms. The minimum Gasteiger partial charge on any atom is -0.321 e. The van der Waals surface area contributed by atoms with Gasteiger partial charge in [-0.25, -0.2) is 4.68 Å².